The molecule has 0 aliphatic rings. The van der Waals surface area contributed by atoms with Crippen LogP contribution in [0.25, 0.3) is 33.2 Å². The van der Waals surface area contributed by atoms with Crippen molar-refractivity contribution in [3.8, 4) is 5.75 Å². The Kier molecular flexibility index (Phi) is 5.03. The third kappa shape index (κ3) is 3.61. The van der Waals surface area contributed by atoms with Gasteiger partial charge in [0.2, 0.25) is 0 Å². The van der Waals surface area contributed by atoms with Gasteiger partial charge in [0.25, 0.3) is 5.56 Å². The van der Waals surface area contributed by atoms with Gasteiger partial charge < -0.3 is 9.30 Å². The van der Waals surface area contributed by atoms with Crippen LogP contribution in [0, 0.1) is 6.92 Å². The molecule has 172 valence electrons. The molecule has 0 bridgehead atoms. The van der Waals surface area contributed by atoms with Crippen molar-refractivity contribution >= 4 is 33.2 Å². The van der Waals surface area contributed by atoms with E-state index in [1.54, 1.807) is 11.7 Å². The maximum absolute atomic E-state index is 13.9. The van der Waals surface area contributed by atoms with E-state index >= 15 is 0 Å². The molecule has 3 aromatic heterocycles. The summed E-state index contributed by atoms with van der Waals surface area (Å²) >= 11 is 0. The molecule has 0 radical (unpaired) electrons. The summed E-state index contributed by atoms with van der Waals surface area (Å²) in [7, 11) is 1.65. The quantitative estimate of drug-likeness (QED) is 0.372. The number of rotatable bonds is 5. The number of nitrogens with zero attached hydrogens (tertiary/aromatic N) is 5. The SMILES string of the molecule is COc1ccc(Cn2c3nc4ccccc4nc3c3c(=O)n(Cc4ccccc4)c(C)nc32)cc1. The Morgan fingerprint density at radius 3 is 2.06 bits per heavy atom. The highest BCUT2D eigenvalue weighted by Gasteiger charge is 2.21. The lowest BCUT2D eigenvalue weighted by Crippen LogP contribution is -2.24. The minimum atomic E-state index is -0.112. The Morgan fingerprint density at radius 2 is 1.34 bits per heavy atom. The number of hydrogen-bond donors (Lipinski definition) is 0. The van der Waals surface area contributed by atoms with E-state index in [-0.39, 0.29) is 5.56 Å². The molecule has 7 nitrogen and oxygen atoms in total. The van der Waals surface area contributed by atoms with Crippen LogP contribution >= 0.6 is 0 Å². The molecule has 0 spiro atoms. The van der Waals surface area contributed by atoms with Gasteiger partial charge in [0, 0.05) is 0 Å². The molecule has 0 aliphatic heterocycles. The third-order valence-corrected chi connectivity index (χ3v) is 6.32. The molecule has 6 aromatic rings. The number of fused-ring (bicyclic) bond motifs is 4. The van der Waals surface area contributed by atoms with Crippen LogP contribution in [-0.2, 0) is 13.1 Å². The maximum Gasteiger partial charge on any atom is 0.265 e. The normalized spacial score (nSPS) is 11.5. The molecule has 0 fully saturated rings. The molecule has 35 heavy (non-hydrogen) atoms. The molecule has 6 rings (SSSR count). The summed E-state index contributed by atoms with van der Waals surface area (Å²) in [4.78, 5) is 28.6. The number of hydrogen-bond acceptors (Lipinski definition) is 5. The molecule has 3 heterocycles. The Balaban J connectivity index is 1.62. The number of aryl methyl sites for hydroxylation is 1. The molecule has 0 amide bonds. The van der Waals surface area contributed by atoms with Gasteiger partial charge in [-0.25, -0.2) is 15.0 Å². The van der Waals surface area contributed by atoms with Crippen molar-refractivity contribution in [1.29, 1.82) is 0 Å². The largest absolute Gasteiger partial charge is 0.497 e. The summed E-state index contributed by atoms with van der Waals surface area (Å²) < 4.78 is 9.01. The Morgan fingerprint density at radius 1 is 0.714 bits per heavy atom. The Hall–Kier alpha value is -4.52. The maximum atomic E-state index is 13.9. The van der Waals surface area contributed by atoms with Crippen LogP contribution in [0.4, 0.5) is 0 Å². The van der Waals surface area contributed by atoms with Gasteiger partial charge in [-0.15, -0.1) is 0 Å². The van der Waals surface area contributed by atoms with E-state index in [1.165, 1.54) is 0 Å². The first-order valence-corrected chi connectivity index (χ1v) is 11.5. The second kappa shape index (κ2) is 8.36. The highest BCUT2D eigenvalue weighted by atomic mass is 16.5. The third-order valence-electron chi connectivity index (χ3n) is 6.32. The van der Waals surface area contributed by atoms with Crippen molar-refractivity contribution in [3.63, 3.8) is 0 Å². The summed E-state index contributed by atoms with van der Waals surface area (Å²) in [6, 6.07) is 25.5. The van der Waals surface area contributed by atoms with Crippen LogP contribution in [0.5, 0.6) is 5.75 Å². The van der Waals surface area contributed by atoms with Crippen molar-refractivity contribution in [2.24, 2.45) is 0 Å². The predicted molar refractivity (Wildman–Crippen MR) is 137 cm³/mol. The van der Waals surface area contributed by atoms with Crippen LogP contribution < -0.4 is 10.3 Å². The average Bonchev–Trinajstić information content (AvgIpc) is 3.18. The predicted octanol–water partition coefficient (Wildman–Crippen LogP) is 4.71. The van der Waals surface area contributed by atoms with Gasteiger partial charge in [0.05, 0.1) is 31.2 Å². The zero-order chi connectivity index (χ0) is 23.9. The van der Waals surface area contributed by atoms with Crippen LogP contribution in [0.1, 0.15) is 17.0 Å². The van der Waals surface area contributed by atoms with Crippen molar-refractivity contribution < 1.29 is 4.74 Å². The number of benzene rings is 3. The van der Waals surface area contributed by atoms with E-state index in [9.17, 15) is 4.79 Å². The van der Waals surface area contributed by atoms with E-state index in [0.29, 0.717) is 41.1 Å². The summed E-state index contributed by atoms with van der Waals surface area (Å²) in [5.41, 5.74) is 5.32. The number of ether oxygens (including phenoxy) is 1. The second-order valence-electron chi connectivity index (χ2n) is 8.55. The molecule has 7 heteroatoms. The topological polar surface area (TPSA) is 74.8 Å². The molecule has 0 saturated carbocycles. The lowest BCUT2D eigenvalue weighted by molar-refractivity contribution is 0.414. The Labute approximate surface area is 201 Å². The summed E-state index contributed by atoms with van der Waals surface area (Å²) in [6.45, 7) is 2.82. The van der Waals surface area contributed by atoms with Gasteiger partial charge in [0.1, 0.15) is 22.5 Å². The molecular weight excluding hydrogens is 438 g/mol. The standard InChI is InChI=1S/C28H23N5O2/c1-18-29-26-24(28(34)32(18)16-19-8-4-3-5-9-19)25-27(31-23-11-7-6-10-22(23)30-25)33(26)17-20-12-14-21(35-2)15-13-20/h3-15H,16-17H2,1-2H3. The van der Waals surface area contributed by atoms with Gasteiger partial charge in [0.15, 0.2) is 11.3 Å². The van der Waals surface area contributed by atoms with Gasteiger partial charge in [-0.05, 0) is 42.3 Å². The lowest BCUT2D eigenvalue weighted by atomic mass is 10.2. The number of para-hydroxylation sites is 2. The number of methoxy groups -OCH3 is 1. The molecule has 0 aliphatic carbocycles. The molecule has 0 atom stereocenters. The highest BCUT2D eigenvalue weighted by Crippen LogP contribution is 2.27. The molecular formula is C28H23N5O2. The fourth-order valence-electron chi connectivity index (χ4n) is 4.51. The fraction of sp³-hybridized carbons (Fsp3) is 0.143. The first-order valence-electron chi connectivity index (χ1n) is 11.5. The van der Waals surface area contributed by atoms with Gasteiger partial charge in [-0.2, -0.15) is 0 Å². The first-order chi connectivity index (χ1) is 17.1. The average molecular weight is 462 g/mol. The van der Waals surface area contributed by atoms with Gasteiger partial charge in [-0.1, -0.05) is 54.6 Å². The zero-order valence-electron chi connectivity index (χ0n) is 19.5. The highest BCUT2D eigenvalue weighted by molar-refractivity contribution is 6.04. The van der Waals surface area contributed by atoms with Crippen LogP contribution in [0.2, 0.25) is 0 Å². The van der Waals surface area contributed by atoms with Crippen molar-refractivity contribution in [2.45, 2.75) is 20.0 Å². The minimum Gasteiger partial charge on any atom is -0.497 e. The van der Waals surface area contributed by atoms with Crippen LogP contribution in [-0.4, -0.2) is 31.2 Å². The van der Waals surface area contributed by atoms with Gasteiger partial charge in [-0.3, -0.25) is 9.36 Å². The molecule has 3 aromatic carbocycles. The lowest BCUT2D eigenvalue weighted by Gasteiger charge is -2.11. The summed E-state index contributed by atoms with van der Waals surface area (Å²) in [5.74, 6) is 1.44. The Bertz CT molecular complexity index is 1750. The molecule has 0 N–H and O–H groups in total. The molecule has 0 unspecified atom stereocenters. The van der Waals surface area contributed by atoms with E-state index < -0.39 is 0 Å². The fourth-order valence-corrected chi connectivity index (χ4v) is 4.51. The second-order valence-corrected chi connectivity index (χ2v) is 8.55. The monoisotopic (exact) mass is 461 g/mol. The first kappa shape index (κ1) is 21.0. The molecule has 0 saturated heterocycles. The van der Waals surface area contributed by atoms with E-state index in [0.717, 1.165) is 27.9 Å². The smallest absolute Gasteiger partial charge is 0.265 e. The summed E-state index contributed by atoms with van der Waals surface area (Å²) in [5, 5.41) is 0.494. The van der Waals surface area contributed by atoms with E-state index in [2.05, 4.69) is 0 Å². The van der Waals surface area contributed by atoms with E-state index in [4.69, 9.17) is 19.7 Å². The van der Waals surface area contributed by atoms with Crippen LogP contribution in [0.3, 0.4) is 0 Å². The summed E-state index contributed by atoms with van der Waals surface area (Å²) in [6.07, 6.45) is 0. The number of aromatic nitrogens is 5. The van der Waals surface area contributed by atoms with Crippen molar-refractivity contribution in [1.82, 2.24) is 24.1 Å². The van der Waals surface area contributed by atoms with Crippen molar-refractivity contribution in [3.05, 3.63) is 106 Å². The van der Waals surface area contributed by atoms with Crippen LogP contribution in [0.15, 0.2) is 83.7 Å². The van der Waals surface area contributed by atoms with E-state index in [1.807, 2.05) is 90.4 Å². The van der Waals surface area contributed by atoms with Crippen molar-refractivity contribution in [2.75, 3.05) is 7.11 Å². The zero-order valence-corrected chi connectivity index (χ0v) is 19.5. The van der Waals surface area contributed by atoms with Gasteiger partial charge >= 0.3 is 0 Å². The minimum absolute atomic E-state index is 0.112.